The van der Waals surface area contributed by atoms with Crippen LogP contribution in [0.15, 0.2) is 146 Å². The third kappa shape index (κ3) is 5.55. The van der Waals surface area contributed by atoms with E-state index >= 15 is 0 Å². The van der Waals surface area contributed by atoms with Gasteiger partial charge in [0, 0.05) is 17.7 Å². The number of rotatable bonds is 8. The monoisotopic (exact) mass is 609 g/mol. The van der Waals surface area contributed by atoms with E-state index in [0.717, 1.165) is 17.7 Å². The molecule has 0 bridgehead atoms. The highest BCUT2D eigenvalue weighted by atomic mass is 14.7. The molecule has 1 aliphatic rings. The fraction of sp³-hybridized carbons (Fsp3) is 0.196. The molecule has 5 aromatic carbocycles. The zero-order chi connectivity index (χ0) is 32.3. The van der Waals surface area contributed by atoms with Crippen molar-refractivity contribution in [3.8, 4) is 11.1 Å². The Balaban J connectivity index is 1.50. The molecule has 1 heterocycles. The smallest absolute Gasteiger partial charge is 0.0707 e. The maximum absolute atomic E-state index is 4.81. The van der Waals surface area contributed by atoms with Gasteiger partial charge in [-0.1, -0.05) is 141 Å². The van der Waals surface area contributed by atoms with Crippen molar-refractivity contribution in [1.82, 2.24) is 4.98 Å². The molecule has 2 atom stereocenters. The van der Waals surface area contributed by atoms with E-state index in [1.165, 1.54) is 85.0 Å². The minimum absolute atomic E-state index is 0.422. The maximum atomic E-state index is 4.81. The summed E-state index contributed by atoms with van der Waals surface area (Å²) < 4.78 is 0. The van der Waals surface area contributed by atoms with Gasteiger partial charge in [0.2, 0.25) is 0 Å². The Hall–Kier alpha value is -5.01. The molecule has 0 saturated heterocycles. The summed E-state index contributed by atoms with van der Waals surface area (Å²) in [6, 6.07) is 37.9. The van der Waals surface area contributed by atoms with E-state index in [2.05, 4.69) is 143 Å². The fourth-order valence-corrected chi connectivity index (χ4v) is 7.77. The molecule has 6 aromatic rings. The SMILES string of the molecule is C=C/C=C(\C(=C(/C)CC)c1ccccn1)c1cccc2c(-c3c4ccccc4c(C4C=CC(CC)CC4)c4ccccc34)cccc12. The fourth-order valence-electron chi connectivity index (χ4n) is 7.77. The normalized spacial score (nSPS) is 17.3. The first-order chi connectivity index (χ1) is 23.1. The van der Waals surface area contributed by atoms with Crippen molar-refractivity contribution in [2.75, 3.05) is 0 Å². The number of hydrogen-bond donors (Lipinski definition) is 0. The second kappa shape index (κ2) is 13.4. The first-order valence-electron chi connectivity index (χ1n) is 17.2. The maximum Gasteiger partial charge on any atom is 0.0707 e. The molecule has 1 heteroatoms. The molecule has 0 spiro atoms. The Kier molecular flexibility index (Phi) is 8.72. The molecule has 0 amide bonds. The molecular formula is C46H43N. The van der Waals surface area contributed by atoms with Gasteiger partial charge in [-0.15, -0.1) is 0 Å². The van der Waals surface area contributed by atoms with Crippen molar-refractivity contribution in [2.45, 2.75) is 52.4 Å². The molecule has 0 radical (unpaired) electrons. The number of hydrogen-bond acceptors (Lipinski definition) is 1. The standard InChI is InChI=1S/C46H43N/c1-5-16-37(44(31(4)6-2)43-25-12-13-30-47-43)35-22-14-23-36-34(35)21-15-24-38(36)46-41-19-10-8-17-39(41)45(40-18-9-11-20-42(40)46)33-28-26-32(7-3)27-29-33/h5,8-26,28,30,32-33H,1,6-7,27,29H2,2-4H3/b37-16-,44-31-. The molecule has 0 N–H and O–H groups in total. The van der Waals surface area contributed by atoms with Crippen molar-refractivity contribution < 1.29 is 0 Å². The van der Waals surface area contributed by atoms with Gasteiger partial charge in [0.1, 0.15) is 0 Å². The third-order valence-corrected chi connectivity index (χ3v) is 10.2. The highest BCUT2D eigenvalue weighted by molar-refractivity contribution is 6.20. The lowest BCUT2D eigenvalue weighted by atomic mass is 9.78. The molecule has 0 saturated carbocycles. The molecule has 2 unspecified atom stereocenters. The predicted octanol–water partition coefficient (Wildman–Crippen LogP) is 13.1. The zero-order valence-corrected chi connectivity index (χ0v) is 27.8. The van der Waals surface area contributed by atoms with Gasteiger partial charge in [-0.25, -0.2) is 0 Å². The van der Waals surface area contributed by atoms with Crippen LogP contribution in [-0.4, -0.2) is 4.98 Å². The van der Waals surface area contributed by atoms with Crippen LogP contribution in [-0.2, 0) is 0 Å². The minimum atomic E-state index is 0.422. The lowest BCUT2D eigenvalue weighted by molar-refractivity contribution is 0.501. The van der Waals surface area contributed by atoms with Crippen LogP contribution in [0.5, 0.6) is 0 Å². The lowest BCUT2D eigenvalue weighted by Gasteiger charge is -2.26. The summed E-state index contributed by atoms with van der Waals surface area (Å²) in [5.41, 5.74) is 9.87. The van der Waals surface area contributed by atoms with E-state index in [1.807, 2.05) is 18.3 Å². The van der Waals surface area contributed by atoms with Crippen molar-refractivity contribution in [3.05, 3.63) is 163 Å². The molecule has 0 fully saturated rings. The quantitative estimate of drug-likeness (QED) is 0.0950. The summed E-state index contributed by atoms with van der Waals surface area (Å²) in [7, 11) is 0. The lowest BCUT2D eigenvalue weighted by Crippen LogP contribution is -2.08. The summed E-state index contributed by atoms with van der Waals surface area (Å²) >= 11 is 0. The molecule has 0 aliphatic heterocycles. The van der Waals surface area contributed by atoms with Gasteiger partial charge in [-0.3, -0.25) is 4.98 Å². The average Bonchev–Trinajstić information content (AvgIpc) is 3.13. The van der Waals surface area contributed by atoms with Gasteiger partial charge in [0.05, 0.1) is 5.69 Å². The van der Waals surface area contributed by atoms with E-state index in [4.69, 9.17) is 4.98 Å². The Morgan fingerprint density at radius 1 is 0.723 bits per heavy atom. The minimum Gasteiger partial charge on any atom is -0.256 e. The summed E-state index contributed by atoms with van der Waals surface area (Å²) in [5.74, 6) is 1.12. The summed E-state index contributed by atoms with van der Waals surface area (Å²) in [4.78, 5) is 4.81. The molecule has 1 aliphatic carbocycles. The molecule has 1 nitrogen and oxygen atoms in total. The summed E-state index contributed by atoms with van der Waals surface area (Å²) in [5, 5.41) is 7.86. The third-order valence-electron chi connectivity index (χ3n) is 10.2. The number of fused-ring (bicyclic) bond motifs is 3. The average molecular weight is 610 g/mol. The Morgan fingerprint density at radius 3 is 2.00 bits per heavy atom. The van der Waals surface area contributed by atoms with Gasteiger partial charge >= 0.3 is 0 Å². The van der Waals surface area contributed by atoms with Gasteiger partial charge in [-0.2, -0.15) is 0 Å². The van der Waals surface area contributed by atoms with Crippen LogP contribution in [0.3, 0.4) is 0 Å². The molecule has 232 valence electrons. The highest BCUT2D eigenvalue weighted by Crippen LogP contribution is 2.47. The van der Waals surface area contributed by atoms with E-state index in [-0.39, 0.29) is 0 Å². The van der Waals surface area contributed by atoms with E-state index in [1.54, 1.807) is 0 Å². The van der Waals surface area contributed by atoms with Crippen LogP contribution in [0.1, 0.15) is 69.2 Å². The zero-order valence-electron chi connectivity index (χ0n) is 27.8. The number of nitrogens with zero attached hydrogens (tertiary/aromatic N) is 1. The summed E-state index contributed by atoms with van der Waals surface area (Å²) in [6.07, 6.45) is 15.5. The Bertz CT molecular complexity index is 2140. The van der Waals surface area contributed by atoms with E-state index < -0.39 is 0 Å². The van der Waals surface area contributed by atoms with Crippen molar-refractivity contribution in [1.29, 1.82) is 0 Å². The number of allylic oxidation sites excluding steroid dienone is 7. The number of pyridine rings is 1. The number of aromatic nitrogens is 1. The van der Waals surface area contributed by atoms with Gasteiger partial charge in [0.25, 0.3) is 0 Å². The van der Waals surface area contributed by atoms with Crippen LogP contribution in [0.25, 0.3) is 54.6 Å². The predicted molar refractivity (Wildman–Crippen MR) is 205 cm³/mol. The first kappa shape index (κ1) is 30.6. The second-order valence-electron chi connectivity index (χ2n) is 12.9. The van der Waals surface area contributed by atoms with Crippen molar-refractivity contribution in [2.24, 2.45) is 5.92 Å². The molecular weight excluding hydrogens is 567 g/mol. The van der Waals surface area contributed by atoms with Crippen LogP contribution in [0, 0.1) is 5.92 Å². The van der Waals surface area contributed by atoms with Crippen LogP contribution in [0.4, 0.5) is 0 Å². The van der Waals surface area contributed by atoms with Gasteiger partial charge in [-0.05, 0) is 111 Å². The summed E-state index contributed by atoms with van der Waals surface area (Å²) in [6.45, 7) is 10.9. The first-order valence-corrected chi connectivity index (χ1v) is 17.2. The van der Waals surface area contributed by atoms with Crippen LogP contribution >= 0.6 is 0 Å². The van der Waals surface area contributed by atoms with Crippen LogP contribution in [0.2, 0.25) is 0 Å². The number of benzene rings is 5. The van der Waals surface area contributed by atoms with E-state index in [9.17, 15) is 0 Å². The van der Waals surface area contributed by atoms with E-state index in [0.29, 0.717) is 11.8 Å². The van der Waals surface area contributed by atoms with Crippen LogP contribution < -0.4 is 0 Å². The highest BCUT2D eigenvalue weighted by Gasteiger charge is 2.24. The topological polar surface area (TPSA) is 12.9 Å². The Labute approximate surface area is 279 Å². The van der Waals surface area contributed by atoms with Gasteiger partial charge in [0.15, 0.2) is 0 Å². The van der Waals surface area contributed by atoms with Crippen molar-refractivity contribution in [3.63, 3.8) is 0 Å². The van der Waals surface area contributed by atoms with Crippen molar-refractivity contribution >= 4 is 43.5 Å². The largest absolute Gasteiger partial charge is 0.256 e. The molecule has 47 heavy (non-hydrogen) atoms. The van der Waals surface area contributed by atoms with Gasteiger partial charge < -0.3 is 0 Å². The Morgan fingerprint density at radius 2 is 1.38 bits per heavy atom. The molecule has 1 aromatic heterocycles. The second-order valence-corrected chi connectivity index (χ2v) is 12.9. The molecule has 7 rings (SSSR count).